The number of benzene rings is 2. The maximum atomic E-state index is 12.8. The largest absolute Gasteiger partial charge is 0.493 e. The summed E-state index contributed by atoms with van der Waals surface area (Å²) < 4.78 is 21.5. The standard InChI is InChI=1S/C22H25Cl2N3O6/c1-6-32-16-11-9-14(18(24)21(16)33-7-2)26-27-19(12(3)28)22(29)25-13-8-10-15(30-4)20(31-5)17(13)23/h8-11,19H,6-7H2,1-5H3,(H,25,29). The Morgan fingerprint density at radius 3 is 2.18 bits per heavy atom. The number of anilines is 1. The van der Waals surface area contributed by atoms with Crippen molar-refractivity contribution in [2.75, 3.05) is 32.8 Å². The van der Waals surface area contributed by atoms with Gasteiger partial charge in [-0.15, -0.1) is 0 Å². The van der Waals surface area contributed by atoms with Gasteiger partial charge in [-0.05, 0) is 45.0 Å². The quantitative estimate of drug-likeness (QED) is 0.324. The van der Waals surface area contributed by atoms with E-state index in [0.29, 0.717) is 30.5 Å². The molecule has 0 aliphatic carbocycles. The summed E-state index contributed by atoms with van der Waals surface area (Å²) >= 11 is 12.7. The third kappa shape index (κ3) is 6.27. The molecule has 0 saturated carbocycles. The van der Waals surface area contributed by atoms with Crippen LogP contribution in [-0.2, 0) is 9.59 Å². The molecule has 2 aromatic carbocycles. The Balaban J connectivity index is 2.32. The highest BCUT2D eigenvalue weighted by atomic mass is 35.5. The molecular formula is C22H25Cl2N3O6. The van der Waals surface area contributed by atoms with Gasteiger partial charge in [-0.2, -0.15) is 10.2 Å². The van der Waals surface area contributed by atoms with Crippen LogP contribution in [0.4, 0.5) is 11.4 Å². The lowest BCUT2D eigenvalue weighted by atomic mass is 10.2. The first-order valence-electron chi connectivity index (χ1n) is 9.99. The molecule has 0 saturated heterocycles. The normalized spacial score (nSPS) is 11.7. The van der Waals surface area contributed by atoms with Crippen molar-refractivity contribution < 1.29 is 28.5 Å². The first kappa shape index (κ1) is 26.2. The molecule has 0 aliphatic heterocycles. The van der Waals surface area contributed by atoms with Gasteiger partial charge in [0.1, 0.15) is 15.7 Å². The van der Waals surface area contributed by atoms with E-state index in [9.17, 15) is 9.59 Å². The molecule has 11 heteroatoms. The molecule has 0 aromatic heterocycles. The number of hydrogen-bond donors (Lipinski definition) is 1. The molecule has 2 rings (SSSR count). The van der Waals surface area contributed by atoms with Crippen molar-refractivity contribution in [3.8, 4) is 23.0 Å². The van der Waals surface area contributed by atoms with E-state index in [1.54, 1.807) is 25.1 Å². The predicted molar refractivity (Wildman–Crippen MR) is 126 cm³/mol. The molecule has 1 N–H and O–H groups in total. The maximum absolute atomic E-state index is 12.8. The van der Waals surface area contributed by atoms with Gasteiger partial charge in [0.15, 0.2) is 28.8 Å². The van der Waals surface area contributed by atoms with Gasteiger partial charge in [-0.25, -0.2) is 0 Å². The summed E-state index contributed by atoms with van der Waals surface area (Å²) in [5.41, 5.74) is 0.435. The van der Waals surface area contributed by atoms with Crippen molar-refractivity contribution in [2.24, 2.45) is 10.2 Å². The van der Waals surface area contributed by atoms with E-state index >= 15 is 0 Å². The van der Waals surface area contributed by atoms with Crippen LogP contribution in [0.25, 0.3) is 0 Å². The Labute approximate surface area is 202 Å². The number of hydrogen-bond acceptors (Lipinski definition) is 8. The second kappa shape index (κ2) is 12.3. The Bertz CT molecular complexity index is 1050. The Kier molecular flexibility index (Phi) is 9.74. The summed E-state index contributed by atoms with van der Waals surface area (Å²) in [6, 6.07) is 4.83. The molecule has 0 aliphatic rings. The zero-order chi connectivity index (χ0) is 24.5. The van der Waals surface area contributed by atoms with Crippen LogP contribution in [0.1, 0.15) is 20.8 Å². The number of ether oxygens (including phenoxy) is 4. The minimum absolute atomic E-state index is 0.111. The van der Waals surface area contributed by atoms with E-state index in [2.05, 4.69) is 15.5 Å². The number of rotatable bonds is 11. The highest BCUT2D eigenvalue weighted by molar-refractivity contribution is 6.36. The number of azo groups is 1. The second-order valence-corrected chi connectivity index (χ2v) is 7.23. The third-order valence-corrected chi connectivity index (χ3v) is 5.03. The molecule has 1 amide bonds. The fourth-order valence-electron chi connectivity index (χ4n) is 2.78. The second-order valence-electron chi connectivity index (χ2n) is 6.47. The lowest BCUT2D eigenvalue weighted by molar-refractivity contribution is -0.126. The summed E-state index contributed by atoms with van der Waals surface area (Å²) in [6.07, 6.45) is 0. The van der Waals surface area contributed by atoms with Crippen LogP contribution in [0.15, 0.2) is 34.5 Å². The Morgan fingerprint density at radius 2 is 1.61 bits per heavy atom. The molecule has 0 bridgehead atoms. The minimum atomic E-state index is -1.44. The molecular weight excluding hydrogens is 473 g/mol. The number of nitrogens with one attached hydrogen (secondary N) is 1. The number of amides is 1. The van der Waals surface area contributed by atoms with Crippen molar-refractivity contribution in [2.45, 2.75) is 26.8 Å². The fraction of sp³-hybridized carbons (Fsp3) is 0.364. The van der Waals surface area contributed by atoms with E-state index in [1.807, 2.05) is 6.92 Å². The van der Waals surface area contributed by atoms with Gasteiger partial charge in [-0.3, -0.25) is 9.59 Å². The molecule has 0 fully saturated rings. The summed E-state index contributed by atoms with van der Waals surface area (Å²) in [4.78, 5) is 24.9. The molecule has 0 radical (unpaired) electrons. The van der Waals surface area contributed by atoms with E-state index in [0.717, 1.165) is 0 Å². The SMILES string of the molecule is CCOc1ccc(N=NC(C(C)=O)C(=O)Nc2ccc(OC)c(OC)c2Cl)c(Cl)c1OCC. The fourth-order valence-corrected chi connectivity index (χ4v) is 3.31. The molecule has 33 heavy (non-hydrogen) atoms. The highest BCUT2D eigenvalue weighted by Gasteiger charge is 2.25. The number of carbonyl (C=O) groups is 2. The van der Waals surface area contributed by atoms with E-state index < -0.39 is 17.7 Å². The van der Waals surface area contributed by atoms with Crippen LogP contribution in [0.3, 0.4) is 0 Å². The van der Waals surface area contributed by atoms with Crippen LogP contribution in [-0.4, -0.2) is 45.2 Å². The first-order valence-corrected chi connectivity index (χ1v) is 10.7. The minimum Gasteiger partial charge on any atom is -0.493 e. The molecule has 9 nitrogen and oxygen atoms in total. The van der Waals surface area contributed by atoms with E-state index in [1.165, 1.54) is 27.2 Å². The van der Waals surface area contributed by atoms with Gasteiger partial charge in [0.2, 0.25) is 6.04 Å². The summed E-state index contributed by atoms with van der Waals surface area (Å²) in [6.45, 7) is 5.63. The van der Waals surface area contributed by atoms with Gasteiger partial charge in [0.05, 0.1) is 33.1 Å². The first-order chi connectivity index (χ1) is 15.8. The van der Waals surface area contributed by atoms with E-state index in [4.69, 9.17) is 42.1 Å². The highest BCUT2D eigenvalue weighted by Crippen LogP contribution is 2.42. The van der Waals surface area contributed by atoms with Crippen LogP contribution in [0.2, 0.25) is 10.0 Å². The molecule has 178 valence electrons. The van der Waals surface area contributed by atoms with Crippen molar-refractivity contribution in [1.82, 2.24) is 0 Å². The molecule has 1 atom stereocenters. The number of halogens is 2. The number of methoxy groups -OCH3 is 2. The van der Waals surface area contributed by atoms with Crippen LogP contribution in [0.5, 0.6) is 23.0 Å². The van der Waals surface area contributed by atoms with Crippen LogP contribution >= 0.6 is 23.2 Å². The van der Waals surface area contributed by atoms with Gasteiger partial charge in [0.25, 0.3) is 5.91 Å². The van der Waals surface area contributed by atoms with Gasteiger partial charge in [-0.1, -0.05) is 23.2 Å². The van der Waals surface area contributed by atoms with Crippen LogP contribution < -0.4 is 24.3 Å². The van der Waals surface area contributed by atoms with Crippen LogP contribution in [0, 0.1) is 0 Å². The summed E-state index contributed by atoms with van der Waals surface area (Å²) in [7, 11) is 2.88. The molecule has 1 unspecified atom stereocenters. The van der Waals surface area contributed by atoms with Gasteiger partial charge < -0.3 is 24.3 Å². The zero-order valence-corrected chi connectivity index (χ0v) is 20.4. The van der Waals surface area contributed by atoms with E-state index in [-0.39, 0.29) is 27.2 Å². The third-order valence-electron chi connectivity index (χ3n) is 4.29. The van der Waals surface area contributed by atoms with Crippen molar-refractivity contribution in [3.05, 3.63) is 34.3 Å². The average Bonchev–Trinajstić information content (AvgIpc) is 2.78. The van der Waals surface area contributed by atoms with Crippen molar-refractivity contribution in [3.63, 3.8) is 0 Å². The lowest BCUT2D eigenvalue weighted by Crippen LogP contribution is -2.32. The number of Topliss-reactive ketones (excluding diaryl/α,β-unsaturated/α-hetero) is 1. The Hall–Kier alpha value is -3.04. The van der Waals surface area contributed by atoms with Crippen molar-refractivity contribution in [1.29, 1.82) is 0 Å². The zero-order valence-electron chi connectivity index (χ0n) is 18.9. The molecule has 2 aromatic rings. The summed E-state index contributed by atoms with van der Waals surface area (Å²) in [5.74, 6) is 0.124. The molecule has 0 heterocycles. The number of nitrogens with zero attached hydrogens (tertiary/aromatic N) is 2. The predicted octanol–water partition coefficient (Wildman–Crippen LogP) is 5.49. The monoisotopic (exact) mass is 497 g/mol. The van der Waals surface area contributed by atoms with Gasteiger partial charge in [0, 0.05) is 0 Å². The smallest absolute Gasteiger partial charge is 0.258 e. The van der Waals surface area contributed by atoms with Crippen molar-refractivity contribution >= 4 is 46.3 Å². The number of ketones is 1. The summed E-state index contributed by atoms with van der Waals surface area (Å²) in [5, 5.41) is 10.8. The topological polar surface area (TPSA) is 108 Å². The lowest BCUT2D eigenvalue weighted by Gasteiger charge is -2.15. The average molecular weight is 498 g/mol. The molecule has 0 spiro atoms. The Morgan fingerprint density at radius 1 is 0.939 bits per heavy atom. The maximum Gasteiger partial charge on any atom is 0.258 e. The van der Waals surface area contributed by atoms with Gasteiger partial charge >= 0.3 is 0 Å². The number of carbonyl (C=O) groups excluding carboxylic acids is 2.